The monoisotopic (exact) mass is 280 g/mol. The summed E-state index contributed by atoms with van der Waals surface area (Å²) in [6.45, 7) is 0.555. The first-order valence-electron chi connectivity index (χ1n) is 5.80. The van der Waals surface area contributed by atoms with Gasteiger partial charge >= 0.3 is 0 Å². The van der Waals surface area contributed by atoms with E-state index in [4.69, 9.17) is 0 Å². The molecule has 0 amide bonds. The Morgan fingerprint density at radius 1 is 1.26 bits per heavy atom. The summed E-state index contributed by atoms with van der Waals surface area (Å²) < 4.78 is 27.8. The van der Waals surface area contributed by atoms with Gasteiger partial charge in [0.2, 0.25) is 0 Å². The lowest BCUT2D eigenvalue weighted by molar-refractivity contribution is 0.455. The minimum absolute atomic E-state index is 0.220. The van der Waals surface area contributed by atoms with Crippen molar-refractivity contribution in [1.82, 2.24) is 19.2 Å². The van der Waals surface area contributed by atoms with Gasteiger partial charge in [0.05, 0.1) is 6.20 Å². The molecule has 2 N–H and O–H groups in total. The van der Waals surface area contributed by atoms with Crippen LogP contribution in [-0.2, 0) is 23.3 Å². The van der Waals surface area contributed by atoms with E-state index in [-0.39, 0.29) is 6.54 Å². The second-order valence-corrected chi connectivity index (χ2v) is 6.04. The summed E-state index contributed by atoms with van der Waals surface area (Å²) in [6, 6.07) is 9.45. The summed E-state index contributed by atoms with van der Waals surface area (Å²) in [4.78, 5) is 0. The van der Waals surface area contributed by atoms with Crippen molar-refractivity contribution in [3.63, 3.8) is 0 Å². The molecule has 1 aromatic carbocycles. The molecule has 0 saturated heterocycles. The largest absolute Gasteiger partial charge is 0.285 e. The average Bonchev–Trinajstić information content (AvgIpc) is 2.91. The highest BCUT2D eigenvalue weighted by Gasteiger charge is 2.17. The van der Waals surface area contributed by atoms with Crippen LogP contribution in [0, 0.1) is 0 Å². The lowest BCUT2D eigenvalue weighted by atomic mass is 10.2. The quantitative estimate of drug-likeness (QED) is 0.824. The predicted molar refractivity (Wildman–Crippen MR) is 72.3 cm³/mol. The molecule has 2 aromatic rings. The van der Waals surface area contributed by atoms with Crippen molar-refractivity contribution in [2.45, 2.75) is 13.1 Å². The molecule has 1 aromatic heterocycles. The minimum atomic E-state index is -3.49. The molecule has 0 spiro atoms. The van der Waals surface area contributed by atoms with E-state index in [1.807, 2.05) is 30.3 Å². The van der Waals surface area contributed by atoms with Gasteiger partial charge in [-0.05, 0) is 5.56 Å². The molecule has 0 radical (unpaired) electrons. The van der Waals surface area contributed by atoms with Gasteiger partial charge < -0.3 is 0 Å². The Balaban J connectivity index is 1.95. The number of hydrogen-bond donors (Lipinski definition) is 2. The Kier molecular flexibility index (Phi) is 4.31. The van der Waals surface area contributed by atoms with Gasteiger partial charge in [-0.25, -0.2) is 0 Å². The molecule has 19 heavy (non-hydrogen) atoms. The maximum Gasteiger partial charge on any atom is 0.279 e. The van der Waals surface area contributed by atoms with Crippen LogP contribution in [0.2, 0.25) is 0 Å². The standard InChI is InChI=1S/C12H16N4O2S/c1-16(10-11-5-3-2-4-6-11)19(17,18)15-9-12-7-13-14-8-12/h2-8,15H,9-10H2,1H3,(H,13,14). The molecular weight excluding hydrogens is 264 g/mol. The number of aromatic amines is 1. The second-order valence-electron chi connectivity index (χ2n) is 4.17. The van der Waals surface area contributed by atoms with Crippen LogP contribution in [0.1, 0.15) is 11.1 Å². The maximum absolute atomic E-state index is 12.0. The van der Waals surface area contributed by atoms with Gasteiger partial charge in [-0.2, -0.15) is 22.5 Å². The summed E-state index contributed by atoms with van der Waals surface area (Å²) in [5.41, 5.74) is 1.73. The van der Waals surface area contributed by atoms with E-state index >= 15 is 0 Å². The fraction of sp³-hybridized carbons (Fsp3) is 0.250. The van der Waals surface area contributed by atoms with E-state index in [0.717, 1.165) is 11.1 Å². The Hall–Kier alpha value is -1.70. The van der Waals surface area contributed by atoms with Crippen molar-refractivity contribution in [2.75, 3.05) is 7.05 Å². The first-order chi connectivity index (χ1) is 9.08. The van der Waals surface area contributed by atoms with Gasteiger partial charge in [0, 0.05) is 31.9 Å². The van der Waals surface area contributed by atoms with Crippen LogP contribution in [0.15, 0.2) is 42.7 Å². The van der Waals surface area contributed by atoms with Gasteiger partial charge in [0.25, 0.3) is 10.2 Å². The number of aromatic nitrogens is 2. The molecule has 0 aliphatic rings. The van der Waals surface area contributed by atoms with E-state index in [1.165, 1.54) is 4.31 Å². The van der Waals surface area contributed by atoms with Crippen molar-refractivity contribution in [2.24, 2.45) is 0 Å². The lowest BCUT2D eigenvalue weighted by Gasteiger charge is -2.17. The molecule has 7 heteroatoms. The van der Waals surface area contributed by atoms with Crippen LogP contribution < -0.4 is 4.72 Å². The SMILES string of the molecule is CN(Cc1ccccc1)S(=O)(=O)NCc1cn[nH]c1. The zero-order chi connectivity index (χ0) is 13.7. The lowest BCUT2D eigenvalue weighted by Crippen LogP contribution is -2.37. The fourth-order valence-corrected chi connectivity index (χ4v) is 2.47. The van der Waals surface area contributed by atoms with Gasteiger partial charge in [0.15, 0.2) is 0 Å². The first-order valence-corrected chi connectivity index (χ1v) is 7.24. The molecule has 0 fully saturated rings. The zero-order valence-electron chi connectivity index (χ0n) is 10.6. The van der Waals surface area contributed by atoms with Crippen LogP contribution in [0.25, 0.3) is 0 Å². The fourth-order valence-electron chi connectivity index (χ4n) is 1.58. The maximum atomic E-state index is 12.0. The number of nitrogens with one attached hydrogen (secondary N) is 2. The summed E-state index contributed by atoms with van der Waals surface area (Å²) in [5.74, 6) is 0. The van der Waals surface area contributed by atoms with Crippen LogP contribution in [-0.4, -0.2) is 30.0 Å². The van der Waals surface area contributed by atoms with Crippen molar-refractivity contribution < 1.29 is 8.42 Å². The van der Waals surface area contributed by atoms with Gasteiger partial charge in [-0.15, -0.1) is 0 Å². The summed E-state index contributed by atoms with van der Waals surface area (Å²) in [6.07, 6.45) is 3.24. The zero-order valence-corrected chi connectivity index (χ0v) is 11.4. The molecule has 0 bridgehead atoms. The Labute approximate surface area is 112 Å². The van der Waals surface area contributed by atoms with Crippen molar-refractivity contribution in [3.05, 3.63) is 53.9 Å². The minimum Gasteiger partial charge on any atom is -0.285 e. The number of rotatable bonds is 6. The molecule has 0 atom stereocenters. The van der Waals surface area contributed by atoms with Crippen molar-refractivity contribution in [3.8, 4) is 0 Å². The Morgan fingerprint density at radius 3 is 2.63 bits per heavy atom. The Morgan fingerprint density at radius 2 is 2.00 bits per heavy atom. The second kappa shape index (κ2) is 5.96. The molecule has 6 nitrogen and oxygen atoms in total. The molecule has 0 unspecified atom stereocenters. The third-order valence-electron chi connectivity index (χ3n) is 2.67. The third kappa shape index (κ3) is 3.88. The highest BCUT2D eigenvalue weighted by Crippen LogP contribution is 2.06. The van der Waals surface area contributed by atoms with Crippen molar-refractivity contribution >= 4 is 10.2 Å². The van der Waals surface area contributed by atoms with Gasteiger partial charge in [-0.3, -0.25) is 5.10 Å². The van der Waals surface area contributed by atoms with Crippen LogP contribution in [0.5, 0.6) is 0 Å². The third-order valence-corrected chi connectivity index (χ3v) is 4.13. The van der Waals surface area contributed by atoms with Crippen LogP contribution >= 0.6 is 0 Å². The highest BCUT2D eigenvalue weighted by atomic mass is 32.2. The molecule has 0 aliphatic carbocycles. The predicted octanol–water partition coefficient (Wildman–Crippen LogP) is 0.876. The van der Waals surface area contributed by atoms with E-state index in [2.05, 4.69) is 14.9 Å². The number of hydrogen-bond acceptors (Lipinski definition) is 3. The molecule has 0 aliphatic heterocycles. The van der Waals surface area contributed by atoms with Crippen LogP contribution in [0.3, 0.4) is 0 Å². The number of benzene rings is 1. The Bertz CT molecular complexity index is 596. The smallest absolute Gasteiger partial charge is 0.279 e. The van der Waals surface area contributed by atoms with Crippen LogP contribution in [0.4, 0.5) is 0 Å². The average molecular weight is 280 g/mol. The van der Waals surface area contributed by atoms with E-state index in [0.29, 0.717) is 6.54 Å². The topological polar surface area (TPSA) is 78.1 Å². The highest BCUT2D eigenvalue weighted by molar-refractivity contribution is 7.87. The normalized spacial score (nSPS) is 11.9. The molecule has 0 saturated carbocycles. The van der Waals surface area contributed by atoms with Gasteiger partial charge in [-0.1, -0.05) is 30.3 Å². The first kappa shape index (κ1) is 13.7. The molecule has 2 rings (SSSR count). The number of H-pyrrole nitrogens is 1. The van der Waals surface area contributed by atoms with Crippen molar-refractivity contribution in [1.29, 1.82) is 0 Å². The number of nitrogens with zero attached hydrogens (tertiary/aromatic N) is 2. The van der Waals surface area contributed by atoms with E-state index in [1.54, 1.807) is 19.4 Å². The van der Waals surface area contributed by atoms with E-state index < -0.39 is 10.2 Å². The summed E-state index contributed by atoms with van der Waals surface area (Å²) in [5, 5.41) is 6.40. The summed E-state index contributed by atoms with van der Waals surface area (Å²) in [7, 11) is -1.95. The summed E-state index contributed by atoms with van der Waals surface area (Å²) >= 11 is 0. The van der Waals surface area contributed by atoms with E-state index in [9.17, 15) is 8.42 Å². The molecular formula is C12H16N4O2S. The molecule has 102 valence electrons. The molecule has 1 heterocycles. The van der Waals surface area contributed by atoms with Gasteiger partial charge in [0.1, 0.15) is 0 Å².